The fraction of sp³-hybridized carbons (Fsp3) is 0.500. The average Bonchev–Trinajstić information content (AvgIpc) is 2.48. The maximum atomic E-state index is 13.3. The number of ether oxygens (including phenoxy) is 2. The molecule has 0 unspecified atom stereocenters. The SMILES string of the molecule is Cl.Fc1ccc2c(c1)[C@@H]1OCCN[C@H]1CCO2. The molecule has 5 heteroatoms. The van der Waals surface area contributed by atoms with Crippen LogP contribution in [0.5, 0.6) is 5.75 Å². The Morgan fingerprint density at radius 2 is 2.18 bits per heavy atom. The average molecular weight is 260 g/mol. The van der Waals surface area contributed by atoms with E-state index in [-0.39, 0.29) is 30.4 Å². The molecule has 0 bridgehead atoms. The topological polar surface area (TPSA) is 30.5 Å². The van der Waals surface area contributed by atoms with Gasteiger partial charge in [-0.1, -0.05) is 0 Å². The van der Waals surface area contributed by atoms with Gasteiger partial charge in [0, 0.05) is 18.2 Å². The highest BCUT2D eigenvalue weighted by molar-refractivity contribution is 5.85. The highest BCUT2D eigenvalue weighted by Gasteiger charge is 2.31. The molecule has 2 atom stereocenters. The minimum absolute atomic E-state index is 0. The van der Waals surface area contributed by atoms with Gasteiger partial charge in [0.05, 0.1) is 13.2 Å². The molecule has 2 heterocycles. The quantitative estimate of drug-likeness (QED) is 0.774. The molecule has 0 amide bonds. The molecule has 0 radical (unpaired) electrons. The summed E-state index contributed by atoms with van der Waals surface area (Å²) in [6.07, 6.45) is 0.808. The van der Waals surface area contributed by atoms with Crippen molar-refractivity contribution in [1.82, 2.24) is 5.32 Å². The first-order valence-electron chi connectivity index (χ1n) is 5.62. The minimum atomic E-state index is -0.239. The lowest BCUT2D eigenvalue weighted by molar-refractivity contribution is -0.00598. The fourth-order valence-electron chi connectivity index (χ4n) is 2.38. The molecule has 94 valence electrons. The van der Waals surface area contributed by atoms with Gasteiger partial charge in [-0.3, -0.25) is 0 Å². The highest BCUT2D eigenvalue weighted by atomic mass is 35.5. The normalized spacial score (nSPS) is 26.9. The predicted octanol–water partition coefficient (Wildman–Crippen LogP) is 2.06. The van der Waals surface area contributed by atoms with Crippen LogP contribution in [0, 0.1) is 5.82 Å². The third-order valence-corrected chi connectivity index (χ3v) is 3.14. The van der Waals surface area contributed by atoms with E-state index in [9.17, 15) is 4.39 Å². The number of hydrogen-bond acceptors (Lipinski definition) is 3. The Labute approximate surface area is 106 Å². The molecule has 17 heavy (non-hydrogen) atoms. The van der Waals surface area contributed by atoms with Crippen LogP contribution < -0.4 is 10.1 Å². The van der Waals surface area contributed by atoms with E-state index in [0.717, 1.165) is 24.3 Å². The lowest BCUT2D eigenvalue weighted by Gasteiger charge is -2.31. The third-order valence-electron chi connectivity index (χ3n) is 3.14. The van der Waals surface area contributed by atoms with Gasteiger partial charge >= 0.3 is 0 Å². The maximum absolute atomic E-state index is 13.3. The minimum Gasteiger partial charge on any atom is -0.493 e. The van der Waals surface area contributed by atoms with Gasteiger partial charge in [0.15, 0.2) is 0 Å². The van der Waals surface area contributed by atoms with Gasteiger partial charge in [0.1, 0.15) is 17.7 Å². The molecule has 0 spiro atoms. The van der Waals surface area contributed by atoms with Gasteiger partial charge in [-0.25, -0.2) is 4.39 Å². The first-order chi connectivity index (χ1) is 7.84. The maximum Gasteiger partial charge on any atom is 0.125 e. The van der Waals surface area contributed by atoms with E-state index < -0.39 is 0 Å². The fourth-order valence-corrected chi connectivity index (χ4v) is 2.38. The zero-order valence-corrected chi connectivity index (χ0v) is 10.1. The van der Waals surface area contributed by atoms with Crippen LogP contribution in [0.3, 0.4) is 0 Å². The Bertz CT molecular complexity index is 402. The Morgan fingerprint density at radius 3 is 3.06 bits per heavy atom. The molecule has 1 N–H and O–H groups in total. The molecule has 1 aromatic carbocycles. The lowest BCUT2D eigenvalue weighted by atomic mass is 9.99. The number of halogens is 2. The van der Waals surface area contributed by atoms with Crippen molar-refractivity contribution >= 4 is 12.4 Å². The molecule has 1 saturated heterocycles. The number of fused-ring (bicyclic) bond motifs is 3. The third kappa shape index (κ3) is 2.39. The van der Waals surface area contributed by atoms with Crippen molar-refractivity contribution < 1.29 is 13.9 Å². The second kappa shape index (κ2) is 5.21. The Morgan fingerprint density at radius 1 is 1.29 bits per heavy atom. The van der Waals surface area contributed by atoms with E-state index in [2.05, 4.69) is 5.32 Å². The summed E-state index contributed by atoms with van der Waals surface area (Å²) in [5.41, 5.74) is 0.828. The van der Waals surface area contributed by atoms with Gasteiger partial charge in [-0.2, -0.15) is 0 Å². The van der Waals surface area contributed by atoms with E-state index in [1.807, 2.05) is 0 Å². The molecular weight excluding hydrogens is 245 g/mol. The summed E-state index contributed by atoms with van der Waals surface area (Å²) in [5.74, 6) is 0.509. The predicted molar refractivity (Wildman–Crippen MR) is 64.2 cm³/mol. The largest absolute Gasteiger partial charge is 0.493 e. The molecule has 2 aliphatic rings. The van der Waals surface area contributed by atoms with E-state index in [4.69, 9.17) is 9.47 Å². The van der Waals surface area contributed by atoms with E-state index >= 15 is 0 Å². The zero-order chi connectivity index (χ0) is 11.0. The van der Waals surface area contributed by atoms with E-state index in [0.29, 0.717) is 13.2 Å². The summed E-state index contributed by atoms with van der Waals surface area (Å²) in [5, 5.41) is 3.39. The molecule has 3 nitrogen and oxygen atoms in total. The van der Waals surface area contributed by atoms with Gasteiger partial charge < -0.3 is 14.8 Å². The smallest absolute Gasteiger partial charge is 0.125 e. The summed E-state index contributed by atoms with van der Waals surface area (Å²) >= 11 is 0. The second-order valence-corrected chi connectivity index (χ2v) is 4.17. The number of nitrogens with one attached hydrogen (secondary N) is 1. The summed E-state index contributed by atoms with van der Waals surface area (Å²) in [6, 6.07) is 4.86. The monoisotopic (exact) mass is 259 g/mol. The van der Waals surface area contributed by atoms with Gasteiger partial charge in [-0.15, -0.1) is 12.4 Å². The van der Waals surface area contributed by atoms with E-state index in [1.54, 1.807) is 6.07 Å². The van der Waals surface area contributed by atoms with Crippen molar-refractivity contribution in [2.75, 3.05) is 19.8 Å². The van der Waals surface area contributed by atoms with Gasteiger partial charge in [0.25, 0.3) is 0 Å². The summed E-state index contributed by atoms with van der Waals surface area (Å²) in [7, 11) is 0. The molecule has 1 fully saturated rings. The van der Waals surface area contributed by atoms with Crippen molar-refractivity contribution in [1.29, 1.82) is 0 Å². The standard InChI is InChI=1S/C12H14FNO2.ClH/c13-8-1-2-11-9(7-8)12-10(3-5-15-11)14-4-6-16-12;/h1-2,7,10,12,14H,3-6H2;1H/t10-,12-;/m0./s1. The van der Waals surface area contributed by atoms with Crippen LogP contribution in [-0.4, -0.2) is 25.8 Å². The lowest BCUT2D eigenvalue weighted by Crippen LogP contribution is -2.43. The summed E-state index contributed by atoms with van der Waals surface area (Å²) < 4.78 is 24.6. The highest BCUT2D eigenvalue weighted by Crippen LogP contribution is 2.35. The van der Waals surface area contributed by atoms with Crippen LogP contribution in [0.2, 0.25) is 0 Å². The number of morpholine rings is 1. The number of rotatable bonds is 0. The summed E-state index contributed by atoms with van der Waals surface area (Å²) in [4.78, 5) is 0. The second-order valence-electron chi connectivity index (χ2n) is 4.17. The molecule has 2 aliphatic heterocycles. The Hall–Kier alpha value is -0.840. The summed E-state index contributed by atoms with van der Waals surface area (Å²) in [6.45, 7) is 2.17. The Kier molecular flexibility index (Phi) is 3.86. The first kappa shape index (κ1) is 12.6. The molecule has 3 rings (SSSR count). The molecule has 0 saturated carbocycles. The van der Waals surface area contributed by atoms with Crippen molar-refractivity contribution in [3.05, 3.63) is 29.6 Å². The van der Waals surface area contributed by atoms with Crippen LogP contribution >= 0.6 is 12.4 Å². The van der Waals surface area contributed by atoms with Crippen molar-refractivity contribution in [2.24, 2.45) is 0 Å². The van der Waals surface area contributed by atoms with Crippen molar-refractivity contribution in [2.45, 2.75) is 18.6 Å². The molecule has 1 aromatic rings. The van der Waals surface area contributed by atoms with Crippen LogP contribution in [-0.2, 0) is 4.74 Å². The van der Waals surface area contributed by atoms with Gasteiger partial charge in [0.2, 0.25) is 0 Å². The van der Waals surface area contributed by atoms with Crippen LogP contribution in [0.4, 0.5) is 4.39 Å². The number of benzene rings is 1. The first-order valence-corrected chi connectivity index (χ1v) is 5.62. The van der Waals surface area contributed by atoms with Crippen LogP contribution in [0.1, 0.15) is 18.1 Å². The van der Waals surface area contributed by atoms with Crippen molar-refractivity contribution in [3.63, 3.8) is 0 Å². The molecule has 0 aliphatic carbocycles. The number of hydrogen-bond donors (Lipinski definition) is 1. The van der Waals surface area contributed by atoms with Crippen LogP contribution in [0.15, 0.2) is 18.2 Å². The van der Waals surface area contributed by atoms with Crippen LogP contribution in [0.25, 0.3) is 0 Å². The molecule has 0 aromatic heterocycles. The van der Waals surface area contributed by atoms with Crippen molar-refractivity contribution in [3.8, 4) is 5.75 Å². The zero-order valence-electron chi connectivity index (χ0n) is 9.32. The van der Waals surface area contributed by atoms with E-state index in [1.165, 1.54) is 12.1 Å². The Balaban J connectivity index is 0.00000108. The van der Waals surface area contributed by atoms with Gasteiger partial charge in [-0.05, 0) is 24.6 Å². The molecular formula is C12H15ClFNO2.